The van der Waals surface area contributed by atoms with Crippen molar-refractivity contribution >= 4 is 6.29 Å². The minimum Gasteiger partial charge on any atom is -0.392 e. The third-order valence-electron chi connectivity index (χ3n) is 12.4. The number of aldehydes is 1. The van der Waals surface area contributed by atoms with Crippen molar-refractivity contribution in [3.63, 3.8) is 0 Å². The van der Waals surface area contributed by atoms with E-state index in [1.54, 1.807) is 0 Å². The summed E-state index contributed by atoms with van der Waals surface area (Å²) >= 11 is 0. The van der Waals surface area contributed by atoms with Crippen molar-refractivity contribution in [3.05, 3.63) is 47.5 Å². The Morgan fingerprint density at radius 3 is 2.49 bits per heavy atom. The van der Waals surface area contributed by atoms with E-state index in [1.807, 2.05) is 12.1 Å². The quantitative estimate of drug-likeness (QED) is 0.316. The molecule has 8 aliphatic rings. The van der Waals surface area contributed by atoms with Crippen LogP contribution in [0.5, 0.6) is 0 Å². The van der Waals surface area contributed by atoms with Gasteiger partial charge in [-0.25, -0.2) is 0 Å². The Bertz CT molecular complexity index is 1090. The lowest BCUT2D eigenvalue weighted by Gasteiger charge is -2.47. The fourth-order valence-electron chi connectivity index (χ4n) is 10.9. The molecule has 4 bridgehead atoms. The lowest BCUT2D eigenvalue weighted by molar-refractivity contribution is 0.000376. The molecule has 3 saturated carbocycles. The summed E-state index contributed by atoms with van der Waals surface area (Å²) in [5.74, 6) is 2.17. The van der Waals surface area contributed by atoms with E-state index in [1.165, 1.54) is 50.5 Å². The van der Waals surface area contributed by atoms with Crippen LogP contribution in [-0.2, 0) is 0 Å². The monoisotopic (exact) mass is 502 g/mol. The molecule has 3 N–H and O–H groups in total. The van der Waals surface area contributed by atoms with Gasteiger partial charge in [-0.1, -0.05) is 62.1 Å². The van der Waals surface area contributed by atoms with E-state index in [9.17, 15) is 15.0 Å². The van der Waals surface area contributed by atoms with Gasteiger partial charge < -0.3 is 15.5 Å². The number of nitrogens with one attached hydrogen (secondary N) is 1. The van der Waals surface area contributed by atoms with Gasteiger partial charge in [0.15, 0.2) is 0 Å². The molecule has 11 atom stereocenters. The molecule has 6 fully saturated rings. The number of piperidine rings is 2. The van der Waals surface area contributed by atoms with Gasteiger partial charge in [0.25, 0.3) is 0 Å². The zero-order valence-electron chi connectivity index (χ0n) is 21.8. The standard InChI is InChI=1S/C32H42N2O3/c35-18-19-7-9-21(10-8-19)27(20-5-1-2-6-20)29-23-12-14-25-32(37,34(25)29)28(23)24-13-11-22-17-26(36)31(30(22)33-24)15-3-4-16-31/h7-10,12,14,18,20,22-30,33,36-37H,1-6,11,13,15-17H2. The predicted molar refractivity (Wildman–Crippen MR) is 142 cm³/mol. The number of fused-ring (bicyclic) bond motifs is 2. The fourth-order valence-corrected chi connectivity index (χ4v) is 10.9. The van der Waals surface area contributed by atoms with Crippen molar-refractivity contribution in [2.75, 3.05) is 0 Å². The van der Waals surface area contributed by atoms with Crippen LogP contribution in [0.25, 0.3) is 0 Å². The van der Waals surface area contributed by atoms with Crippen molar-refractivity contribution in [2.45, 2.75) is 113 Å². The second-order valence-electron chi connectivity index (χ2n) is 13.7. The maximum absolute atomic E-state index is 12.3. The molecule has 4 aliphatic carbocycles. The molecule has 0 radical (unpaired) electrons. The normalized spacial score (nSPS) is 47.9. The molecule has 198 valence electrons. The molecular weight excluding hydrogens is 460 g/mol. The average molecular weight is 503 g/mol. The minimum atomic E-state index is -0.728. The van der Waals surface area contributed by atoms with Crippen LogP contribution < -0.4 is 5.32 Å². The number of nitrogens with zero attached hydrogens (tertiary/aromatic N) is 1. The minimum absolute atomic E-state index is 0.0642. The molecule has 4 aliphatic heterocycles. The van der Waals surface area contributed by atoms with Crippen molar-refractivity contribution in [1.82, 2.24) is 10.2 Å². The number of aliphatic hydroxyl groups is 2. The van der Waals surface area contributed by atoms with Gasteiger partial charge in [0.2, 0.25) is 0 Å². The Hall–Kier alpha value is -1.53. The second kappa shape index (κ2) is 8.24. The summed E-state index contributed by atoms with van der Waals surface area (Å²) < 4.78 is 0. The van der Waals surface area contributed by atoms with Crippen molar-refractivity contribution in [2.24, 2.45) is 29.1 Å². The van der Waals surface area contributed by atoms with Crippen LogP contribution in [0.3, 0.4) is 0 Å². The molecule has 11 unspecified atom stereocenters. The van der Waals surface area contributed by atoms with Crippen LogP contribution in [0.2, 0.25) is 0 Å². The SMILES string of the molecule is O=Cc1ccc(C(C2CCCC2)C2C3C=CC4N2C4(O)C3C2CCC3CC(O)C4(CCCC4)C3N2)cc1. The van der Waals surface area contributed by atoms with Gasteiger partial charge in [-0.2, -0.15) is 0 Å². The highest BCUT2D eigenvalue weighted by Gasteiger charge is 2.79. The number of hydrogen-bond donors (Lipinski definition) is 3. The molecule has 1 aromatic carbocycles. The van der Waals surface area contributed by atoms with Gasteiger partial charge in [-0.3, -0.25) is 9.69 Å². The van der Waals surface area contributed by atoms with Gasteiger partial charge in [-0.05, 0) is 62.3 Å². The van der Waals surface area contributed by atoms with Gasteiger partial charge in [0.1, 0.15) is 12.0 Å². The molecule has 0 amide bonds. The summed E-state index contributed by atoms with van der Waals surface area (Å²) in [6, 6.07) is 9.51. The van der Waals surface area contributed by atoms with Crippen LogP contribution in [0, 0.1) is 29.1 Å². The smallest absolute Gasteiger partial charge is 0.150 e. The molecule has 1 aromatic rings. The Balaban J connectivity index is 1.13. The second-order valence-corrected chi connectivity index (χ2v) is 13.7. The van der Waals surface area contributed by atoms with Crippen molar-refractivity contribution in [3.8, 4) is 0 Å². The topological polar surface area (TPSA) is 72.6 Å². The van der Waals surface area contributed by atoms with Gasteiger partial charge in [-0.15, -0.1) is 0 Å². The zero-order chi connectivity index (χ0) is 24.9. The van der Waals surface area contributed by atoms with Crippen LogP contribution in [-0.4, -0.2) is 57.4 Å². The molecule has 1 spiro atoms. The summed E-state index contributed by atoms with van der Waals surface area (Å²) in [6.07, 6.45) is 18.7. The summed E-state index contributed by atoms with van der Waals surface area (Å²) in [7, 11) is 0. The van der Waals surface area contributed by atoms with Crippen LogP contribution in [0.1, 0.15) is 92.5 Å². The highest BCUT2D eigenvalue weighted by Crippen LogP contribution is 2.67. The van der Waals surface area contributed by atoms with Crippen molar-refractivity contribution in [1.29, 1.82) is 0 Å². The Labute approximate surface area is 220 Å². The Morgan fingerprint density at radius 2 is 1.76 bits per heavy atom. The maximum atomic E-state index is 12.3. The van der Waals surface area contributed by atoms with E-state index in [4.69, 9.17) is 0 Å². The average Bonchev–Trinajstić information content (AvgIpc) is 3.48. The zero-order valence-corrected chi connectivity index (χ0v) is 21.8. The number of carbonyl (C=O) groups is 1. The summed E-state index contributed by atoms with van der Waals surface area (Å²) in [6.45, 7) is 0. The van der Waals surface area contributed by atoms with Crippen molar-refractivity contribution < 1.29 is 15.0 Å². The fraction of sp³-hybridized carbons (Fsp3) is 0.719. The maximum Gasteiger partial charge on any atom is 0.150 e. The number of aliphatic hydroxyl groups excluding tert-OH is 1. The predicted octanol–water partition coefficient (Wildman–Crippen LogP) is 4.39. The van der Waals surface area contributed by atoms with Crippen LogP contribution in [0.15, 0.2) is 36.4 Å². The molecule has 9 rings (SSSR count). The number of hydrogen-bond acceptors (Lipinski definition) is 5. The van der Waals surface area contributed by atoms with E-state index in [2.05, 4.69) is 34.5 Å². The van der Waals surface area contributed by atoms with Gasteiger partial charge in [0, 0.05) is 46.9 Å². The largest absolute Gasteiger partial charge is 0.392 e. The van der Waals surface area contributed by atoms with Gasteiger partial charge in [0.05, 0.1) is 12.1 Å². The number of carbonyl (C=O) groups excluding carboxylic acids is 1. The summed E-state index contributed by atoms with van der Waals surface area (Å²) in [5.41, 5.74) is 1.42. The first kappa shape index (κ1) is 23.4. The molecule has 5 heteroatoms. The first-order valence-electron chi connectivity index (χ1n) is 15.2. The van der Waals surface area contributed by atoms with Gasteiger partial charge >= 0.3 is 0 Å². The lowest BCUT2D eigenvalue weighted by atomic mass is 9.65. The Morgan fingerprint density at radius 1 is 1.00 bits per heavy atom. The van der Waals surface area contributed by atoms with E-state index >= 15 is 0 Å². The first-order chi connectivity index (χ1) is 18.1. The Kier molecular flexibility index (Phi) is 5.20. The third kappa shape index (κ3) is 3.09. The molecule has 3 saturated heterocycles. The molecular formula is C32H42N2O3. The number of rotatable bonds is 5. The molecule has 37 heavy (non-hydrogen) atoms. The highest BCUT2D eigenvalue weighted by molar-refractivity contribution is 5.74. The third-order valence-corrected chi connectivity index (χ3v) is 12.4. The summed E-state index contributed by atoms with van der Waals surface area (Å²) in [5, 5.41) is 27.5. The van der Waals surface area contributed by atoms with E-state index in [-0.39, 0.29) is 23.5 Å². The van der Waals surface area contributed by atoms with E-state index < -0.39 is 5.72 Å². The summed E-state index contributed by atoms with van der Waals surface area (Å²) in [4.78, 5) is 13.8. The lowest BCUT2D eigenvalue weighted by Crippen LogP contribution is -2.59. The van der Waals surface area contributed by atoms with E-state index in [0.29, 0.717) is 41.8 Å². The molecule has 0 aromatic heterocycles. The first-order valence-corrected chi connectivity index (χ1v) is 15.2. The molecule has 4 heterocycles. The van der Waals surface area contributed by atoms with Crippen LogP contribution in [0.4, 0.5) is 0 Å². The number of benzene rings is 1. The van der Waals surface area contributed by atoms with E-state index in [0.717, 1.165) is 37.5 Å². The van der Waals surface area contributed by atoms with Crippen LogP contribution >= 0.6 is 0 Å². The molecule has 5 nitrogen and oxygen atoms in total. The highest BCUT2D eigenvalue weighted by atomic mass is 16.3.